The highest BCUT2D eigenvalue weighted by Crippen LogP contribution is 2.43. The van der Waals surface area contributed by atoms with Gasteiger partial charge in [-0.1, -0.05) is 28.8 Å². The molecule has 2 heterocycles. The van der Waals surface area contributed by atoms with Crippen LogP contribution in [0.15, 0.2) is 40.0 Å². The van der Waals surface area contributed by atoms with Crippen LogP contribution in [0, 0.1) is 0 Å². The molecule has 0 bridgehead atoms. The van der Waals surface area contributed by atoms with Gasteiger partial charge in [0.2, 0.25) is 0 Å². The van der Waals surface area contributed by atoms with Crippen LogP contribution in [0.25, 0.3) is 5.57 Å². The van der Waals surface area contributed by atoms with Crippen molar-refractivity contribution < 1.29 is 9.53 Å². The molecule has 0 saturated carbocycles. The Hall–Kier alpha value is -1.43. The molecule has 1 aliphatic carbocycles. The summed E-state index contributed by atoms with van der Waals surface area (Å²) in [5, 5.41) is 4.93. The Kier molecular flexibility index (Phi) is 6.28. The van der Waals surface area contributed by atoms with E-state index in [0.29, 0.717) is 29.7 Å². The summed E-state index contributed by atoms with van der Waals surface area (Å²) < 4.78 is 6.21. The molecule has 4 nitrogen and oxygen atoms in total. The second-order valence-electron chi connectivity index (χ2n) is 7.47. The summed E-state index contributed by atoms with van der Waals surface area (Å²) in [6.45, 7) is 3.54. The van der Waals surface area contributed by atoms with E-state index < -0.39 is 0 Å². The Bertz CT molecular complexity index is 929. The lowest BCUT2D eigenvalue weighted by Gasteiger charge is -2.33. The van der Waals surface area contributed by atoms with Crippen molar-refractivity contribution in [1.82, 2.24) is 10.2 Å². The predicted molar refractivity (Wildman–Crippen MR) is 122 cm³/mol. The Labute approximate surface area is 189 Å². The molecule has 1 N–H and O–H groups in total. The fourth-order valence-corrected chi connectivity index (χ4v) is 5.49. The lowest BCUT2D eigenvalue weighted by Crippen LogP contribution is -2.38. The number of allylic oxidation sites excluding steroid dienone is 2. The summed E-state index contributed by atoms with van der Waals surface area (Å²) in [5.74, 6) is 0. The van der Waals surface area contributed by atoms with E-state index in [9.17, 15) is 4.79 Å². The van der Waals surface area contributed by atoms with E-state index in [2.05, 4.69) is 27.3 Å². The zero-order chi connectivity index (χ0) is 20.5. The van der Waals surface area contributed by atoms with Gasteiger partial charge in [0.25, 0.3) is 0 Å². The summed E-state index contributed by atoms with van der Waals surface area (Å²) in [4.78, 5) is 13.9. The zero-order valence-corrected chi connectivity index (χ0v) is 19.3. The maximum Gasteiger partial charge on any atom is 0.409 e. The Morgan fingerprint density at radius 2 is 2.00 bits per heavy atom. The van der Waals surface area contributed by atoms with Crippen molar-refractivity contribution in [3.8, 4) is 0 Å². The molecule has 0 spiro atoms. The third-order valence-corrected chi connectivity index (χ3v) is 6.71. The van der Waals surface area contributed by atoms with E-state index in [-0.39, 0.29) is 12.1 Å². The number of likely N-dealkylation sites (tertiary alicyclic amines) is 1. The molecule has 1 amide bonds. The number of ether oxygens (including phenoxy) is 1. The van der Waals surface area contributed by atoms with E-state index in [1.54, 1.807) is 4.90 Å². The summed E-state index contributed by atoms with van der Waals surface area (Å²) in [6.07, 6.45) is 7.42. The van der Waals surface area contributed by atoms with Gasteiger partial charge in [-0.2, -0.15) is 0 Å². The molecule has 154 valence electrons. The molecule has 1 aromatic carbocycles. The normalized spacial score (nSPS) is 21.4. The van der Waals surface area contributed by atoms with Gasteiger partial charge in [-0.05, 0) is 83.5 Å². The smallest absolute Gasteiger partial charge is 0.409 e. The lowest BCUT2D eigenvalue weighted by atomic mass is 9.85. The number of rotatable bonds is 1. The predicted octanol–water partition coefficient (Wildman–Crippen LogP) is 6.08. The van der Waals surface area contributed by atoms with Crippen LogP contribution in [0.4, 0.5) is 4.79 Å². The molecule has 4 rings (SSSR count). The third-order valence-electron chi connectivity index (χ3n) is 5.73. The highest BCUT2D eigenvalue weighted by molar-refractivity contribution is 9.11. The summed E-state index contributed by atoms with van der Waals surface area (Å²) in [5.41, 5.74) is 6.20. The van der Waals surface area contributed by atoms with Gasteiger partial charge < -0.3 is 15.0 Å². The molecule has 1 saturated heterocycles. The minimum atomic E-state index is -0.231. The Morgan fingerprint density at radius 1 is 1.24 bits per heavy atom. The van der Waals surface area contributed by atoms with Gasteiger partial charge >= 0.3 is 6.09 Å². The Morgan fingerprint density at radius 3 is 2.72 bits per heavy atom. The number of fused-ring (bicyclic) bond motifs is 2. The highest BCUT2D eigenvalue weighted by Gasteiger charge is 2.32. The molecule has 1 atom stereocenters. The number of benzene rings is 1. The molecular weight excluding hydrogens is 475 g/mol. The van der Waals surface area contributed by atoms with E-state index in [1.807, 2.05) is 25.3 Å². The number of amides is 1. The maximum absolute atomic E-state index is 12.1. The largest absolute Gasteiger partial charge is 0.450 e. The van der Waals surface area contributed by atoms with Crippen LogP contribution in [-0.2, 0) is 11.2 Å². The second-order valence-corrected chi connectivity index (χ2v) is 9.23. The fraction of sp³-hybridized carbons (Fsp3) is 0.409. The number of dihydropyridines is 1. The first-order valence-electron chi connectivity index (χ1n) is 9.92. The van der Waals surface area contributed by atoms with Gasteiger partial charge in [0.15, 0.2) is 0 Å². The molecule has 7 heteroatoms. The number of hydrogen-bond acceptors (Lipinski definition) is 3. The number of nitrogens with one attached hydrogen (secondary N) is 1. The average molecular weight is 498 g/mol. The summed E-state index contributed by atoms with van der Waals surface area (Å²) >= 11 is 16.7. The minimum absolute atomic E-state index is 0.0837. The molecule has 3 aliphatic rings. The van der Waals surface area contributed by atoms with E-state index in [4.69, 9.17) is 27.9 Å². The summed E-state index contributed by atoms with van der Waals surface area (Å²) in [7, 11) is 0. The maximum atomic E-state index is 12.1. The molecular formula is C22H23BrCl2N2O2. The molecule has 0 aromatic heterocycles. The number of nitrogens with zero attached hydrogens (tertiary/aromatic N) is 1. The number of aryl methyl sites for hydroxylation is 1. The van der Waals surface area contributed by atoms with Crippen molar-refractivity contribution in [3.63, 3.8) is 0 Å². The van der Waals surface area contributed by atoms with E-state index in [0.717, 1.165) is 35.7 Å². The molecule has 1 aromatic rings. The molecule has 29 heavy (non-hydrogen) atoms. The topological polar surface area (TPSA) is 41.6 Å². The van der Waals surface area contributed by atoms with Crippen LogP contribution in [0.2, 0.25) is 10.0 Å². The molecule has 0 radical (unpaired) electrons. The first kappa shape index (κ1) is 20.8. The fourth-order valence-electron chi connectivity index (χ4n) is 4.43. The molecule has 1 unspecified atom stereocenters. The van der Waals surface area contributed by atoms with Gasteiger partial charge in [0.05, 0.1) is 12.6 Å². The first-order chi connectivity index (χ1) is 14.0. The van der Waals surface area contributed by atoms with E-state index >= 15 is 0 Å². The van der Waals surface area contributed by atoms with Crippen molar-refractivity contribution >= 4 is 50.8 Å². The van der Waals surface area contributed by atoms with Crippen molar-refractivity contribution in [3.05, 3.63) is 61.2 Å². The standard InChI is InChI=1S/C22H23BrCl2N2O2/c1-2-29-22(28)27-7-5-13(6-8-27)20-19-14(10-17(24)11-18(19)25)3-4-15-9-16(23)12-26-21(15)20/h9-12,21,26H,2-8H2,1H3. The SMILES string of the molecule is CCOC(=O)N1CCC(=C2c3c(Cl)cc(Cl)cc3CCC3=CC(Br)=CNC32)CC1. The monoisotopic (exact) mass is 496 g/mol. The quantitative estimate of drug-likeness (QED) is 0.511. The third kappa shape index (κ3) is 4.23. The van der Waals surface area contributed by atoms with Crippen LogP contribution >= 0.6 is 39.1 Å². The van der Waals surface area contributed by atoms with Gasteiger partial charge in [0.1, 0.15) is 0 Å². The number of carbonyl (C=O) groups excluding carboxylic acids is 1. The second kappa shape index (κ2) is 8.75. The van der Waals surface area contributed by atoms with Gasteiger partial charge in [-0.15, -0.1) is 0 Å². The number of piperidine rings is 1. The lowest BCUT2D eigenvalue weighted by molar-refractivity contribution is 0.104. The summed E-state index contributed by atoms with van der Waals surface area (Å²) in [6, 6.07) is 3.96. The van der Waals surface area contributed by atoms with Crippen molar-refractivity contribution in [2.24, 2.45) is 0 Å². The number of carbonyl (C=O) groups is 1. The van der Waals surface area contributed by atoms with Gasteiger partial charge in [0, 0.05) is 39.4 Å². The van der Waals surface area contributed by atoms with E-state index in [1.165, 1.54) is 22.3 Å². The van der Waals surface area contributed by atoms with Crippen molar-refractivity contribution in [1.29, 1.82) is 0 Å². The van der Waals surface area contributed by atoms with Crippen LogP contribution in [0.3, 0.4) is 0 Å². The van der Waals surface area contributed by atoms with Gasteiger partial charge in [-0.3, -0.25) is 0 Å². The molecule has 2 aliphatic heterocycles. The Balaban J connectivity index is 1.76. The van der Waals surface area contributed by atoms with Gasteiger partial charge in [-0.25, -0.2) is 4.79 Å². The average Bonchev–Trinajstić information content (AvgIpc) is 2.85. The van der Waals surface area contributed by atoms with Crippen LogP contribution in [-0.4, -0.2) is 36.7 Å². The van der Waals surface area contributed by atoms with Crippen LogP contribution in [0.1, 0.15) is 37.3 Å². The minimum Gasteiger partial charge on any atom is -0.450 e. The zero-order valence-electron chi connectivity index (χ0n) is 16.2. The number of halogens is 3. The van der Waals surface area contributed by atoms with Crippen LogP contribution in [0.5, 0.6) is 0 Å². The number of hydrogen-bond donors (Lipinski definition) is 1. The highest BCUT2D eigenvalue weighted by atomic mass is 79.9. The van der Waals surface area contributed by atoms with Crippen LogP contribution < -0.4 is 5.32 Å². The van der Waals surface area contributed by atoms with Crippen molar-refractivity contribution in [2.45, 2.75) is 38.6 Å². The molecule has 1 fully saturated rings. The van der Waals surface area contributed by atoms with Crippen molar-refractivity contribution in [2.75, 3.05) is 19.7 Å². The first-order valence-corrected chi connectivity index (χ1v) is 11.5.